The van der Waals surface area contributed by atoms with Crippen LogP contribution in [0.1, 0.15) is 28.4 Å². The van der Waals surface area contributed by atoms with Gasteiger partial charge in [-0.3, -0.25) is 4.79 Å². The zero-order chi connectivity index (χ0) is 26.1. The van der Waals surface area contributed by atoms with Crippen molar-refractivity contribution >= 4 is 39.6 Å². The maximum atomic E-state index is 12.7. The molecular weight excluding hydrogens is 528 g/mol. The Kier molecular flexibility index (Phi) is 9.08. The standard InChI is InChI=1S/C27H23BrN2O6/c1-3-35-24-14-18(12-20(15-29)26(31)30-21-8-10-22(34-2)11-9-21)13-23(28)25(24)36-16-17-4-6-19(7-5-17)27(32)33/h4-14H,3,16H2,1-2H3,(H,30,31)(H,32,33)/b20-12+. The molecule has 3 rings (SSSR count). The van der Waals surface area contributed by atoms with Gasteiger partial charge in [0.1, 0.15) is 24.0 Å². The van der Waals surface area contributed by atoms with Crippen molar-refractivity contribution < 1.29 is 28.9 Å². The third-order valence-corrected chi connectivity index (χ3v) is 5.53. The number of methoxy groups -OCH3 is 1. The van der Waals surface area contributed by atoms with Gasteiger partial charge in [-0.1, -0.05) is 12.1 Å². The minimum Gasteiger partial charge on any atom is -0.497 e. The lowest BCUT2D eigenvalue weighted by Gasteiger charge is -2.15. The predicted molar refractivity (Wildman–Crippen MR) is 138 cm³/mol. The van der Waals surface area contributed by atoms with Crippen molar-refractivity contribution in [3.8, 4) is 23.3 Å². The second-order valence-electron chi connectivity index (χ2n) is 7.41. The van der Waals surface area contributed by atoms with E-state index < -0.39 is 11.9 Å². The van der Waals surface area contributed by atoms with Crippen LogP contribution in [0.5, 0.6) is 17.2 Å². The first-order chi connectivity index (χ1) is 17.3. The highest BCUT2D eigenvalue weighted by Crippen LogP contribution is 2.38. The van der Waals surface area contributed by atoms with Crippen LogP contribution in [0.2, 0.25) is 0 Å². The van der Waals surface area contributed by atoms with Gasteiger partial charge in [0.15, 0.2) is 11.5 Å². The first-order valence-electron chi connectivity index (χ1n) is 10.8. The van der Waals surface area contributed by atoms with Crippen LogP contribution in [0.3, 0.4) is 0 Å². The number of carboxylic acids is 1. The molecule has 0 bridgehead atoms. The largest absolute Gasteiger partial charge is 0.497 e. The number of nitrogens with zero attached hydrogens (tertiary/aromatic N) is 1. The maximum Gasteiger partial charge on any atom is 0.335 e. The van der Waals surface area contributed by atoms with E-state index in [1.54, 1.807) is 55.6 Å². The van der Waals surface area contributed by atoms with Crippen LogP contribution in [-0.2, 0) is 11.4 Å². The van der Waals surface area contributed by atoms with Crippen molar-refractivity contribution in [3.63, 3.8) is 0 Å². The van der Waals surface area contributed by atoms with Crippen LogP contribution in [0.4, 0.5) is 5.69 Å². The highest BCUT2D eigenvalue weighted by Gasteiger charge is 2.15. The number of carbonyl (C=O) groups is 2. The molecule has 9 heteroatoms. The predicted octanol–water partition coefficient (Wildman–Crippen LogP) is 5.68. The van der Waals surface area contributed by atoms with Crippen LogP contribution in [0, 0.1) is 11.3 Å². The summed E-state index contributed by atoms with van der Waals surface area (Å²) >= 11 is 3.48. The third kappa shape index (κ3) is 6.87. The Morgan fingerprint density at radius 3 is 2.36 bits per heavy atom. The van der Waals surface area contributed by atoms with Gasteiger partial charge in [-0.25, -0.2) is 4.79 Å². The molecule has 184 valence electrons. The number of hydrogen-bond donors (Lipinski definition) is 2. The number of rotatable bonds is 10. The number of amides is 1. The van der Waals surface area contributed by atoms with Gasteiger partial charge < -0.3 is 24.6 Å². The van der Waals surface area contributed by atoms with E-state index in [9.17, 15) is 14.9 Å². The second kappa shape index (κ2) is 12.4. The fourth-order valence-corrected chi connectivity index (χ4v) is 3.74. The third-order valence-electron chi connectivity index (χ3n) is 4.94. The minimum atomic E-state index is -0.998. The fourth-order valence-electron chi connectivity index (χ4n) is 3.16. The second-order valence-corrected chi connectivity index (χ2v) is 8.26. The lowest BCUT2D eigenvalue weighted by Crippen LogP contribution is -2.13. The number of carbonyl (C=O) groups excluding carboxylic acids is 1. The molecule has 0 radical (unpaired) electrons. The summed E-state index contributed by atoms with van der Waals surface area (Å²) in [5.74, 6) is -0.0358. The Morgan fingerprint density at radius 2 is 1.78 bits per heavy atom. The molecule has 8 nitrogen and oxygen atoms in total. The average molecular weight is 551 g/mol. The van der Waals surface area contributed by atoms with Crippen LogP contribution >= 0.6 is 15.9 Å². The summed E-state index contributed by atoms with van der Waals surface area (Å²) < 4.78 is 17.3. The highest BCUT2D eigenvalue weighted by molar-refractivity contribution is 9.10. The van der Waals surface area contributed by atoms with Crippen molar-refractivity contribution in [1.82, 2.24) is 0 Å². The van der Waals surface area contributed by atoms with Gasteiger partial charge in [0.05, 0.1) is 23.8 Å². The smallest absolute Gasteiger partial charge is 0.335 e. The highest BCUT2D eigenvalue weighted by atomic mass is 79.9. The SMILES string of the molecule is CCOc1cc(/C=C(\C#N)C(=O)Nc2ccc(OC)cc2)cc(Br)c1OCc1ccc(C(=O)O)cc1. The van der Waals surface area contributed by atoms with Gasteiger partial charge >= 0.3 is 5.97 Å². The Hall–Kier alpha value is -4.29. The Bertz CT molecular complexity index is 1310. The lowest BCUT2D eigenvalue weighted by atomic mass is 10.1. The van der Waals surface area contributed by atoms with Crippen LogP contribution in [0.25, 0.3) is 6.08 Å². The van der Waals surface area contributed by atoms with Crippen molar-refractivity contribution in [3.05, 3.63) is 87.4 Å². The average Bonchev–Trinajstić information content (AvgIpc) is 2.87. The van der Waals surface area contributed by atoms with Gasteiger partial charge in [0, 0.05) is 5.69 Å². The van der Waals surface area contributed by atoms with Crippen LogP contribution in [-0.4, -0.2) is 30.7 Å². The van der Waals surface area contributed by atoms with E-state index in [4.69, 9.17) is 19.3 Å². The molecule has 3 aromatic carbocycles. The topological polar surface area (TPSA) is 118 Å². The lowest BCUT2D eigenvalue weighted by molar-refractivity contribution is -0.112. The molecule has 36 heavy (non-hydrogen) atoms. The molecule has 0 aliphatic heterocycles. The van der Waals surface area contributed by atoms with E-state index in [1.807, 2.05) is 13.0 Å². The summed E-state index contributed by atoms with van der Waals surface area (Å²) in [6, 6.07) is 18.5. The zero-order valence-corrected chi connectivity index (χ0v) is 21.2. The molecule has 0 aromatic heterocycles. The molecule has 3 aromatic rings. The number of halogens is 1. The molecular formula is C27H23BrN2O6. The summed E-state index contributed by atoms with van der Waals surface area (Å²) in [7, 11) is 1.55. The van der Waals surface area contributed by atoms with E-state index in [0.717, 1.165) is 5.56 Å². The van der Waals surface area contributed by atoms with Gasteiger partial charge in [0.2, 0.25) is 0 Å². The molecule has 0 saturated carbocycles. The Morgan fingerprint density at radius 1 is 1.08 bits per heavy atom. The summed E-state index contributed by atoms with van der Waals surface area (Å²) in [5, 5.41) is 21.3. The summed E-state index contributed by atoms with van der Waals surface area (Å²) in [5.41, 5.74) is 1.96. The molecule has 0 aliphatic rings. The number of nitrogens with one attached hydrogen (secondary N) is 1. The Balaban J connectivity index is 1.80. The number of ether oxygens (including phenoxy) is 3. The summed E-state index contributed by atoms with van der Waals surface area (Å²) in [6.07, 6.45) is 1.46. The molecule has 0 fully saturated rings. The molecule has 0 unspecified atom stereocenters. The van der Waals surface area contributed by atoms with Gasteiger partial charge in [-0.15, -0.1) is 0 Å². The molecule has 0 heterocycles. The molecule has 0 aliphatic carbocycles. The first kappa shape index (κ1) is 26.3. The summed E-state index contributed by atoms with van der Waals surface area (Å²) in [4.78, 5) is 23.7. The fraction of sp³-hybridized carbons (Fsp3) is 0.148. The molecule has 0 saturated heterocycles. The van der Waals surface area contributed by atoms with Crippen molar-refractivity contribution in [2.24, 2.45) is 0 Å². The normalized spacial score (nSPS) is 10.8. The van der Waals surface area contributed by atoms with Gasteiger partial charge in [-0.2, -0.15) is 5.26 Å². The summed E-state index contributed by atoms with van der Waals surface area (Å²) in [6.45, 7) is 2.38. The molecule has 2 N–H and O–H groups in total. The van der Waals surface area contributed by atoms with Gasteiger partial charge in [0.25, 0.3) is 5.91 Å². The molecule has 1 amide bonds. The molecule has 0 atom stereocenters. The first-order valence-corrected chi connectivity index (χ1v) is 11.6. The van der Waals surface area contributed by atoms with E-state index in [2.05, 4.69) is 21.2 Å². The van der Waals surface area contributed by atoms with Crippen molar-refractivity contribution in [2.75, 3.05) is 19.0 Å². The van der Waals surface area contributed by atoms with Crippen molar-refractivity contribution in [1.29, 1.82) is 5.26 Å². The zero-order valence-electron chi connectivity index (χ0n) is 19.6. The van der Waals surface area contributed by atoms with E-state index in [0.29, 0.717) is 39.6 Å². The minimum absolute atomic E-state index is 0.0904. The Labute approximate surface area is 216 Å². The van der Waals surface area contributed by atoms with Crippen molar-refractivity contribution in [2.45, 2.75) is 13.5 Å². The van der Waals surface area contributed by atoms with E-state index in [-0.39, 0.29) is 17.7 Å². The number of hydrogen-bond acceptors (Lipinski definition) is 6. The molecule has 0 spiro atoms. The monoisotopic (exact) mass is 550 g/mol. The van der Waals surface area contributed by atoms with Gasteiger partial charge in [-0.05, 0) is 88.6 Å². The number of anilines is 1. The van der Waals surface area contributed by atoms with E-state index in [1.165, 1.54) is 18.2 Å². The van der Waals surface area contributed by atoms with Crippen LogP contribution < -0.4 is 19.5 Å². The quantitative estimate of drug-likeness (QED) is 0.246. The van der Waals surface area contributed by atoms with E-state index >= 15 is 0 Å². The number of carboxylic acid groups (broad SMARTS) is 1. The maximum absolute atomic E-state index is 12.7. The number of nitriles is 1. The van der Waals surface area contributed by atoms with Crippen LogP contribution in [0.15, 0.2) is 70.7 Å². The number of benzene rings is 3. The number of aromatic carboxylic acids is 1.